The van der Waals surface area contributed by atoms with E-state index in [9.17, 15) is 5.11 Å². The third kappa shape index (κ3) is 3.35. The lowest BCUT2D eigenvalue weighted by atomic mass is 10.1. The third-order valence-electron chi connectivity index (χ3n) is 3.18. The van der Waals surface area contributed by atoms with E-state index < -0.39 is 0 Å². The Kier molecular flexibility index (Phi) is 4.23. The lowest BCUT2D eigenvalue weighted by molar-refractivity contribution is 0.370. The van der Waals surface area contributed by atoms with Crippen molar-refractivity contribution in [3.8, 4) is 11.5 Å². The van der Waals surface area contributed by atoms with Crippen LogP contribution in [0.1, 0.15) is 18.4 Å². The predicted molar refractivity (Wildman–Crippen MR) is 67.4 cm³/mol. The van der Waals surface area contributed by atoms with Crippen molar-refractivity contribution in [2.45, 2.75) is 25.4 Å². The van der Waals surface area contributed by atoms with E-state index in [1.807, 2.05) is 12.1 Å². The number of phenols is 1. The number of rotatable bonds is 4. The van der Waals surface area contributed by atoms with Crippen molar-refractivity contribution in [3.05, 3.63) is 23.8 Å². The standard InChI is InChI=1S/C13H20N2O2/c1-17-13-8-10(2-3-12(13)16)9-15-11-4-6-14-7-5-11/h2-3,8,11,14-16H,4-7,9H2,1H3. The van der Waals surface area contributed by atoms with Crippen molar-refractivity contribution >= 4 is 0 Å². The van der Waals surface area contributed by atoms with E-state index in [-0.39, 0.29) is 5.75 Å². The SMILES string of the molecule is COc1cc(CNC2CCNCC2)ccc1O. The monoisotopic (exact) mass is 236 g/mol. The van der Waals surface area contributed by atoms with Gasteiger partial charge in [0, 0.05) is 12.6 Å². The van der Waals surface area contributed by atoms with Gasteiger partial charge in [0.25, 0.3) is 0 Å². The molecule has 1 fully saturated rings. The van der Waals surface area contributed by atoms with E-state index in [0.29, 0.717) is 11.8 Å². The maximum Gasteiger partial charge on any atom is 0.160 e. The van der Waals surface area contributed by atoms with Crippen molar-refractivity contribution < 1.29 is 9.84 Å². The molecule has 2 rings (SSSR count). The summed E-state index contributed by atoms with van der Waals surface area (Å²) in [7, 11) is 1.57. The van der Waals surface area contributed by atoms with E-state index in [2.05, 4.69) is 10.6 Å². The Balaban J connectivity index is 1.89. The Morgan fingerprint density at radius 3 is 2.88 bits per heavy atom. The molecule has 1 saturated heterocycles. The van der Waals surface area contributed by atoms with Crippen LogP contribution < -0.4 is 15.4 Å². The molecule has 4 nitrogen and oxygen atoms in total. The average Bonchev–Trinajstić information content (AvgIpc) is 2.39. The van der Waals surface area contributed by atoms with Crippen molar-refractivity contribution in [1.29, 1.82) is 0 Å². The number of phenolic OH excluding ortho intramolecular Hbond substituents is 1. The molecule has 0 spiro atoms. The summed E-state index contributed by atoms with van der Waals surface area (Å²) < 4.78 is 5.09. The first kappa shape index (κ1) is 12.2. The van der Waals surface area contributed by atoms with Crippen molar-refractivity contribution in [2.24, 2.45) is 0 Å². The molecule has 4 heteroatoms. The van der Waals surface area contributed by atoms with Crippen LogP contribution in [0.5, 0.6) is 11.5 Å². The lowest BCUT2D eigenvalue weighted by Crippen LogP contribution is -2.39. The fourth-order valence-corrected chi connectivity index (χ4v) is 2.12. The van der Waals surface area contributed by atoms with Crippen LogP contribution in [-0.4, -0.2) is 31.3 Å². The van der Waals surface area contributed by atoms with Crippen LogP contribution in [0.25, 0.3) is 0 Å². The van der Waals surface area contributed by atoms with Gasteiger partial charge in [0.2, 0.25) is 0 Å². The lowest BCUT2D eigenvalue weighted by Gasteiger charge is -2.23. The van der Waals surface area contributed by atoms with Crippen LogP contribution in [0, 0.1) is 0 Å². The van der Waals surface area contributed by atoms with Gasteiger partial charge in [-0.25, -0.2) is 0 Å². The Morgan fingerprint density at radius 2 is 2.18 bits per heavy atom. The van der Waals surface area contributed by atoms with Crippen LogP contribution in [0.2, 0.25) is 0 Å². The molecule has 1 aliphatic heterocycles. The first-order valence-electron chi connectivity index (χ1n) is 6.09. The molecule has 0 unspecified atom stereocenters. The number of nitrogens with one attached hydrogen (secondary N) is 2. The highest BCUT2D eigenvalue weighted by Crippen LogP contribution is 2.26. The number of hydrogen-bond acceptors (Lipinski definition) is 4. The van der Waals surface area contributed by atoms with E-state index in [4.69, 9.17) is 4.74 Å². The van der Waals surface area contributed by atoms with Gasteiger partial charge in [0.1, 0.15) is 0 Å². The molecule has 17 heavy (non-hydrogen) atoms. The molecule has 0 aliphatic carbocycles. The molecule has 0 atom stereocenters. The number of benzene rings is 1. The molecule has 0 radical (unpaired) electrons. The van der Waals surface area contributed by atoms with Crippen LogP contribution in [-0.2, 0) is 6.54 Å². The van der Waals surface area contributed by atoms with Crippen molar-refractivity contribution in [3.63, 3.8) is 0 Å². The molecule has 0 bridgehead atoms. The molecule has 94 valence electrons. The fourth-order valence-electron chi connectivity index (χ4n) is 2.12. The zero-order chi connectivity index (χ0) is 12.1. The minimum absolute atomic E-state index is 0.193. The minimum Gasteiger partial charge on any atom is -0.504 e. The summed E-state index contributed by atoms with van der Waals surface area (Å²) in [6.07, 6.45) is 2.35. The van der Waals surface area contributed by atoms with Crippen LogP contribution in [0.15, 0.2) is 18.2 Å². The summed E-state index contributed by atoms with van der Waals surface area (Å²) >= 11 is 0. The Morgan fingerprint density at radius 1 is 1.41 bits per heavy atom. The molecule has 1 aromatic rings. The topological polar surface area (TPSA) is 53.5 Å². The summed E-state index contributed by atoms with van der Waals surface area (Å²) in [6, 6.07) is 6.07. The van der Waals surface area contributed by atoms with Gasteiger partial charge in [0.15, 0.2) is 11.5 Å². The number of aromatic hydroxyl groups is 1. The van der Waals surface area contributed by atoms with Gasteiger partial charge in [-0.3, -0.25) is 0 Å². The van der Waals surface area contributed by atoms with Gasteiger partial charge in [-0.05, 0) is 43.6 Å². The molecule has 0 aromatic heterocycles. The van der Waals surface area contributed by atoms with E-state index in [1.54, 1.807) is 13.2 Å². The molecule has 1 aromatic carbocycles. The normalized spacial score (nSPS) is 17.0. The maximum atomic E-state index is 9.50. The quantitative estimate of drug-likeness (QED) is 0.736. The predicted octanol–water partition coefficient (Wildman–Crippen LogP) is 1.24. The highest BCUT2D eigenvalue weighted by Gasteiger charge is 2.12. The van der Waals surface area contributed by atoms with Gasteiger partial charge in [-0.15, -0.1) is 0 Å². The molecule has 0 amide bonds. The van der Waals surface area contributed by atoms with E-state index in [0.717, 1.165) is 25.2 Å². The summed E-state index contributed by atoms with van der Waals surface area (Å²) in [6.45, 7) is 3.01. The summed E-state index contributed by atoms with van der Waals surface area (Å²) in [4.78, 5) is 0. The second-order valence-electron chi connectivity index (χ2n) is 4.41. The zero-order valence-electron chi connectivity index (χ0n) is 10.2. The van der Waals surface area contributed by atoms with E-state index >= 15 is 0 Å². The highest BCUT2D eigenvalue weighted by atomic mass is 16.5. The second-order valence-corrected chi connectivity index (χ2v) is 4.41. The second kappa shape index (κ2) is 5.89. The van der Waals surface area contributed by atoms with Crippen molar-refractivity contribution in [1.82, 2.24) is 10.6 Å². The maximum absolute atomic E-state index is 9.50. The number of ether oxygens (including phenoxy) is 1. The van der Waals surface area contributed by atoms with Gasteiger partial charge >= 0.3 is 0 Å². The Labute approximate surface area is 102 Å². The van der Waals surface area contributed by atoms with Gasteiger partial charge < -0.3 is 20.5 Å². The average molecular weight is 236 g/mol. The van der Waals surface area contributed by atoms with Gasteiger partial charge in [-0.1, -0.05) is 6.07 Å². The molecule has 1 aliphatic rings. The molecular formula is C13H20N2O2. The fraction of sp³-hybridized carbons (Fsp3) is 0.538. The smallest absolute Gasteiger partial charge is 0.160 e. The Hall–Kier alpha value is -1.26. The molecular weight excluding hydrogens is 216 g/mol. The highest BCUT2D eigenvalue weighted by molar-refractivity contribution is 5.41. The zero-order valence-corrected chi connectivity index (χ0v) is 10.2. The van der Waals surface area contributed by atoms with Crippen LogP contribution >= 0.6 is 0 Å². The molecule has 1 heterocycles. The molecule has 0 saturated carbocycles. The Bertz CT molecular complexity index is 362. The van der Waals surface area contributed by atoms with Crippen LogP contribution in [0.3, 0.4) is 0 Å². The van der Waals surface area contributed by atoms with Gasteiger partial charge in [-0.2, -0.15) is 0 Å². The van der Waals surface area contributed by atoms with Crippen LogP contribution in [0.4, 0.5) is 0 Å². The largest absolute Gasteiger partial charge is 0.504 e. The summed E-state index contributed by atoms with van der Waals surface area (Å²) in [5.41, 5.74) is 1.14. The number of hydrogen-bond donors (Lipinski definition) is 3. The third-order valence-corrected chi connectivity index (χ3v) is 3.18. The number of piperidine rings is 1. The first-order valence-corrected chi connectivity index (χ1v) is 6.09. The first-order chi connectivity index (χ1) is 8.29. The molecule has 3 N–H and O–H groups in total. The summed E-state index contributed by atoms with van der Waals surface area (Å²) in [5.74, 6) is 0.729. The van der Waals surface area contributed by atoms with Gasteiger partial charge in [0.05, 0.1) is 7.11 Å². The summed E-state index contributed by atoms with van der Waals surface area (Å²) in [5, 5.41) is 16.4. The number of methoxy groups -OCH3 is 1. The van der Waals surface area contributed by atoms with Crippen molar-refractivity contribution in [2.75, 3.05) is 20.2 Å². The minimum atomic E-state index is 0.193. The van der Waals surface area contributed by atoms with E-state index in [1.165, 1.54) is 12.8 Å².